The monoisotopic (exact) mass is 384 g/mol. The van der Waals surface area contributed by atoms with Crippen molar-refractivity contribution in [2.24, 2.45) is 0 Å². The zero-order chi connectivity index (χ0) is 19.3. The fourth-order valence-electron chi connectivity index (χ4n) is 2.77. The SMILES string of the molecule is CNC(=O)c1ccccc1Sc1ccc2c(/C=C/c3ccc#cn3)n[nH]c2c1. The van der Waals surface area contributed by atoms with Crippen molar-refractivity contribution in [3.05, 3.63) is 83.8 Å². The Hall–Kier alpha value is -3.56. The van der Waals surface area contributed by atoms with Crippen LogP contribution in [-0.4, -0.2) is 28.1 Å². The third-order valence-electron chi connectivity index (χ3n) is 4.15. The number of aromatic amines is 1. The van der Waals surface area contributed by atoms with Crippen LogP contribution >= 0.6 is 11.8 Å². The summed E-state index contributed by atoms with van der Waals surface area (Å²) in [6, 6.07) is 20.1. The molecule has 0 saturated heterocycles. The van der Waals surface area contributed by atoms with Crippen LogP contribution in [-0.2, 0) is 0 Å². The van der Waals surface area contributed by atoms with Gasteiger partial charge in [0.05, 0.1) is 22.5 Å². The van der Waals surface area contributed by atoms with Crippen LogP contribution in [0.15, 0.2) is 64.4 Å². The Kier molecular flexibility index (Phi) is 5.09. The maximum atomic E-state index is 12.1. The van der Waals surface area contributed by atoms with Gasteiger partial charge in [-0.2, -0.15) is 10.1 Å². The summed E-state index contributed by atoms with van der Waals surface area (Å²) in [7, 11) is 1.64. The molecule has 0 aliphatic carbocycles. The lowest BCUT2D eigenvalue weighted by Crippen LogP contribution is -2.18. The smallest absolute Gasteiger partial charge is 0.252 e. The van der Waals surface area contributed by atoms with Crippen LogP contribution < -0.4 is 5.32 Å². The van der Waals surface area contributed by atoms with Gasteiger partial charge in [0.1, 0.15) is 0 Å². The first kappa shape index (κ1) is 17.8. The van der Waals surface area contributed by atoms with Crippen LogP contribution in [0.25, 0.3) is 23.1 Å². The minimum Gasteiger partial charge on any atom is -0.355 e. The Morgan fingerprint density at radius 1 is 1.18 bits per heavy atom. The van der Waals surface area contributed by atoms with Crippen molar-refractivity contribution >= 4 is 40.7 Å². The van der Waals surface area contributed by atoms with Crippen LogP contribution in [0, 0.1) is 12.3 Å². The van der Waals surface area contributed by atoms with E-state index in [4.69, 9.17) is 0 Å². The second-order valence-electron chi connectivity index (χ2n) is 5.95. The molecule has 6 heteroatoms. The molecule has 2 heterocycles. The number of carbonyl (C=O) groups is 1. The van der Waals surface area contributed by atoms with E-state index in [9.17, 15) is 4.79 Å². The van der Waals surface area contributed by atoms with Crippen LogP contribution in [0.2, 0.25) is 0 Å². The van der Waals surface area contributed by atoms with Crippen molar-refractivity contribution < 1.29 is 4.79 Å². The largest absolute Gasteiger partial charge is 0.355 e. The predicted molar refractivity (Wildman–Crippen MR) is 111 cm³/mol. The summed E-state index contributed by atoms with van der Waals surface area (Å²) >= 11 is 1.55. The Labute approximate surface area is 166 Å². The molecule has 28 heavy (non-hydrogen) atoms. The number of hydrogen-bond donors (Lipinski definition) is 2. The molecular weight excluding hydrogens is 368 g/mol. The predicted octanol–water partition coefficient (Wildman–Crippen LogP) is 4.24. The molecule has 0 fully saturated rings. The van der Waals surface area contributed by atoms with E-state index in [0.29, 0.717) is 5.56 Å². The number of rotatable bonds is 5. The summed E-state index contributed by atoms with van der Waals surface area (Å²) in [6.07, 6.45) is 6.50. The van der Waals surface area contributed by atoms with E-state index in [2.05, 4.69) is 32.8 Å². The lowest BCUT2D eigenvalue weighted by molar-refractivity contribution is 0.0960. The lowest BCUT2D eigenvalue weighted by atomic mass is 10.2. The van der Waals surface area contributed by atoms with Crippen molar-refractivity contribution in [1.29, 1.82) is 0 Å². The normalized spacial score (nSPS) is 10.9. The standard InChI is InChI=1S/C22H16N4OS/c1-23-22(27)18-7-2-3-8-21(18)28-16-10-11-17-19(25-26-20(17)14-16)12-9-15-6-4-5-13-24-15/h2-4,6-12,14H,1H3,(H,23,27)(H,25,26)/b12-9+. The van der Waals surface area contributed by atoms with Gasteiger partial charge in [0.15, 0.2) is 0 Å². The highest BCUT2D eigenvalue weighted by Crippen LogP contribution is 2.32. The first-order valence-corrected chi connectivity index (χ1v) is 9.46. The van der Waals surface area contributed by atoms with Crippen molar-refractivity contribution in [2.75, 3.05) is 7.05 Å². The number of H-pyrrole nitrogens is 1. The third kappa shape index (κ3) is 3.75. The molecule has 5 nitrogen and oxygen atoms in total. The third-order valence-corrected chi connectivity index (χ3v) is 5.21. The molecule has 0 aliphatic rings. The highest BCUT2D eigenvalue weighted by atomic mass is 32.2. The van der Waals surface area contributed by atoms with E-state index in [0.717, 1.165) is 32.1 Å². The molecular formula is C22H16N4OS. The molecule has 0 unspecified atom stereocenters. The molecule has 4 aromatic rings. The van der Waals surface area contributed by atoms with Gasteiger partial charge < -0.3 is 5.32 Å². The van der Waals surface area contributed by atoms with Crippen LogP contribution in [0.1, 0.15) is 21.7 Å². The molecule has 136 valence electrons. The minimum absolute atomic E-state index is 0.0949. The van der Waals surface area contributed by atoms with E-state index in [-0.39, 0.29) is 5.91 Å². The second-order valence-corrected chi connectivity index (χ2v) is 7.07. The van der Waals surface area contributed by atoms with E-state index in [1.54, 1.807) is 24.9 Å². The highest BCUT2D eigenvalue weighted by Gasteiger charge is 2.11. The van der Waals surface area contributed by atoms with Gasteiger partial charge in [-0.1, -0.05) is 23.9 Å². The van der Waals surface area contributed by atoms with E-state index >= 15 is 0 Å². The van der Waals surface area contributed by atoms with Crippen molar-refractivity contribution in [3.8, 4) is 0 Å². The Morgan fingerprint density at radius 3 is 2.89 bits per heavy atom. The summed E-state index contributed by atoms with van der Waals surface area (Å²) < 4.78 is 0. The highest BCUT2D eigenvalue weighted by molar-refractivity contribution is 7.99. The summed E-state index contributed by atoms with van der Waals surface area (Å²) in [5.41, 5.74) is 3.23. The number of fused-ring (bicyclic) bond motifs is 1. The molecule has 0 saturated carbocycles. The van der Waals surface area contributed by atoms with Gasteiger partial charge in [0, 0.05) is 28.4 Å². The fourth-order valence-corrected chi connectivity index (χ4v) is 3.75. The first-order valence-electron chi connectivity index (χ1n) is 8.64. The molecule has 2 aromatic carbocycles. The van der Waals surface area contributed by atoms with Crippen LogP contribution in [0.4, 0.5) is 0 Å². The number of amides is 1. The number of hydrogen-bond acceptors (Lipinski definition) is 4. The number of nitrogens with zero attached hydrogens (tertiary/aromatic N) is 2. The molecule has 4 rings (SSSR count). The van der Waals surface area contributed by atoms with Crippen molar-refractivity contribution in [2.45, 2.75) is 9.79 Å². The zero-order valence-electron chi connectivity index (χ0n) is 15.1. The van der Waals surface area contributed by atoms with Gasteiger partial charge >= 0.3 is 0 Å². The fraction of sp³-hybridized carbons (Fsp3) is 0.0455. The Balaban J connectivity index is 1.60. The number of benzene rings is 2. The van der Waals surface area contributed by atoms with Gasteiger partial charge in [0.25, 0.3) is 5.91 Å². The quantitative estimate of drug-likeness (QED) is 0.540. The molecule has 0 radical (unpaired) electrons. The van der Waals surface area contributed by atoms with Gasteiger partial charge in [-0.15, -0.1) is 0 Å². The van der Waals surface area contributed by atoms with E-state index in [1.165, 1.54) is 0 Å². The summed E-state index contributed by atoms with van der Waals surface area (Å²) in [6.45, 7) is 0. The average Bonchev–Trinajstić information content (AvgIpc) is 3.15. The van der Waals surface area contributed by atoms with Gasteiger partial charge in [-0.05, 0) is 60.7 Å². The Bertz CT molecular complexity index is 1150. The second kappa shape index (κ2) is 7.99. The summed E-state index contributed by atoms with van der Waals surface area (Å²) in [5, 5.41) is 11.2. The Morgan fingerprint density at radius 2 is 2.07 bits per heavy atom. The van der Waals surface area contributed by atoms with Crippen molar-refractivity contribution in [3.63, 3.8) is 0 Å². The summed E-state index contributed by atoms with van der Waals surface area (Å²) in [5.74, 6) is -0.0949. The molecule has 0 bridgehead atoms. The van der Waals surface area contributed by atoms with Crippen molar-refractivity contribution in [1.82, 2.24) is 20.5 Å². The molecule has 2 aromatic heterocycles. The molecule has 0 atom stereocenters. The van der Waals surface area contributed by atoms with E-state index < -0.39 is 0 Å². The van der Waals surface area contributed by atoms with E-state index in [1.807, 2.05) is 60.7 Å². The zero-order valence-corrected chi connectivity index (χ0v) is 15.9. The average molecular weight is 384 g/mol. The maximum Gasteiger partial charge on any atom is 0.252 e. The lowest BCUT2D eigenvalue weighted by Gasteiger charge is -2.08. The minimum atomic E-state index is -0.0949. The van der Waals surface area contributed by atoms with Gasteiger partial charge in [0.2, 0.25) is 0 Å². The topological polar surface area (TPSA) is 70.7 Å². The van der Waals surface area contributed by atoms with Gasteiger partial charge in [-0.25, -0.2) is 0 Å². The molecule has 2 N–H and O–H groups in total. The molecule has 0 spiro atoms. The van der Waals surface area contributed by atoms with Gasteiger partial charge in [-0.3, -0.25) is 9.89 Å². The molecule has 0 aliphatic heterocycles. The number of aromatic nitrogens is 3. The summed E-state index contributed by atoms with van der Waals surface area (Å²) in [4.78, 5) is 18.1. The number of carbonyl (C=O) groups excluding carboxylic acids is 1. The first-order chi connectivity index (χ1) is 13.7. The van der Waals surface area contributed by atoms with Crippen LogP contribution in [0.5, 0.6) is 0 Å². The van der Waals surface area contributed by atoms with Crippen LogP contribution in [0.3, 0.4) is 0 Å². The molecule has 1 amide bonds. The number of nitrogens with one attached hydrogen (secondary N) is 2. The maximum absolute atomic E-state index is 12.1.